The molecular weight excluding hydrogens is 271 g/mol. The second-order valence-electron chi connectivity index (χ2n) is 4.50. The minimum atomic E-state index is -0.389. The smallest absolute Gasteiger partial charge is 0.246 e. The summed E-state index contributed by atoms with van der Waals surface area (Å²) < 4.78 is 24.3. The molecule has 3 aromatic rings. The largest absolute Gasteiger partial charge is 0.483 e. The highest BCUT2D eigenvalue weighted by atomic mass is 19.1. The first kappa shape index (κ1) is 13.0. The number of nitrogens with two attached hydrogens (primary N) is 1. The molecule has 0 radical (unpaired) electrons. The third-order valence-corrected chi connectivity index (χ3v) is 3.13. The normalized spacial score (nSPS) is 10.5. The van der Waals surface area contributed by atoms with Gasteiger partial charge < -0.3 is 14.9 Å². The van der Waals surface area contributed by atoms with Gasteiger partial charge in [-0.1, -0.05) is 12.1 Å². The third-order valence-electron chi connectivity index (χ3n) is 3.13. The summed E-state index contributed by atoms with van der Waals surface area (Å²) in [6.07, 6.45) is 0. The van der Waals surface area contributed by atoms with Crippen LogP contribution in [-0.4, -0.2) is 0 Å². The van der Waals surface area contributed by atoms with Crippen molar-refractivity contribution < 1.29 is 13.5 Å². The molecule has 0 amide bonds. The van der Waals surface area contributed by atoms with E-state index in [1.807, 2.05) is 12.1 Å². The Balaban J connectivity index is 1.95. The van der Waals surface area contributed by atoms with Crippen molar-refractivity contribution in [2.75, 3.05) is 5.73 Å². The van der Waals surface area contributed by atoms with E-state index in [0.717, 1.165) is 0 Å². The maximum atomic E-state index is 13.2. The Kier molecular flexibility index (Phi) is 3.20. The van der Waals surface area contributed by atoms with Gasteiger partial charge in [0.1, 0.15) is 24.1 Å². The number of hydrogen-bond acceptors (Lipinski definition) is 4. The average molecular weight is 282 g/mol. The molecule has 1 aromatic heterocycles. The fraction of sp³-hybridized carbons (Fsp3) is 0.0625. The quantitative estimate of drug-likeness (QED) is 0.745. The minimum Gasteiger partial charge on any atom is -0.483 e. The summed E-state index contributed by atoms with van der Waals surface area (Å²) in [5.74, 6) is 0.0447. The van der Waals surface area contributed by atoms with E-state index in [1.54, 1.807) is 18.2 Å². The van der Waals surface area contributed by atoms with Gasteiger partial charge in [-0.2, -0.15) is 5.26 Å². The number of nitriles is 1. The number of rotatable bonds is 3. The Morgan fingerprint density at radius 3 is 2.86 bits per heavy atom. The first-order valence-electron chi connectivity index (χ1n) is 6.27. The van der Waals surface area contributed by atoms with Crippen LogP contribution in [0.25, 0.3) is 11.0 Å². The van der Waals surface area contributed by atoms with Crippen molar-refractivity contribution in [3.05, 3.63) is 59.6 Å². The number of hydrogen-bond donors (Lipinski definition) is 1. The maximum Gasteiger partial charge on any atom is 0.246 e. The summed E-state index contributed by atoms with van der Waals surface area (Å²) in [7, 11) is 0. The van der Waals surface area contributed by atoms with Crippen molar-refractivity contribution in [2.24, 2.45) is 0 Å². The zero-order chi connectivity index (χ0) is 14.8. The predicted octanol–water partition coefficient (Wildman–Crippen LogP) is 3.60. The second kappa shape index (κ2) is 5.17. The molecule has 2 N–H and O–H groups in total. The molecule has 0 aliphatic heterocycles. The average Bonchev–Trinajstić information content (AvgIpc) is 2.86. The summed E-state index contributed by atoms with van der Waals surface area (Å²) in [5, 5.41) is 9.81. The number of benzene rings is 2. The standard InChI is InChI=1S/C16H11FN2O2/c17-11-5-6-13(19)10(7-11)9-20-16-12-3-1-2-4-14(12)21-15(16)8-18/h1-7H,9,19H2. The van der Waals surface area contributed by atoms with Gasteiger partial charge in [0.05, 0.1) is 5.39 Å². The Hall–Kier alpha value is -3.00. The van der Waals surface area contributed by atoms with Crippen molar-refractivity contribution in [2.45, 2.75) is 6.61 Å². The van der Waals surface area contributed by atoms with Gasteiger partial charge in [-0.15, -0.1) is 0 Å². The van der Waals surface area contributed by atoms with Gasteiger partial charge in [-0.3, -0.25) is 0 Å². The molecule has 2 aromatic carbocycles. The summed E-state index contributed by atoms with van der Waals surface area (Å²) in [4.78, 5) is 0. The van der Waals surface area contributed by atoms with Crippen LogP contribution >= 0.6 is 0 Å². The molecule has 0 bridgehead atoms. The molecule has 21 heavy (non-hydrogen) atoms. The van der Waals surface area contributed by atoms with Gasteiger partial charge in [0.2, 0.25) is 5.76 Å². The van der Waals surface area contributed by atoms with Crippen molar-refractivity contribution in [1.29, 1.82) is 5.26 Å². The fourth-order valence-electron chi connectivity index (χ4n) is 2.09. The van der Waals surface area contributed by atoms with Crippen molar-refractivity contribution in [1.82, 2.24) is 0 Å². The van der Waals surface area contributed by atoms with Gasteiger partial charge in [0, 0.05) is 11.3 Å². The third kappa shape index (κ3) is 2.39. The first-order chi connectivity index (χ1) is 10.2. The Labute approximate surface area is 120 Å². The summed E-state index contributed by atoms with van der Waals surface area (Å²) in [6, 6.07) is 13.2. The number of furan rings is 1. The number of anilines is 1. The monoisotopic (exact) mass is 282 g/mol. The van der Waals surface area contributed by atoms with Crippen LogP contribution in [0.5, 0.6) is 5.75 Å². The van der Waals surface area contributed by atoms with E-state index in [9.17, 15) is 4.39 Å². The molecule has 5 heteroatoms. The van der Waals surface area contributed by atoms with E-state index < -0.39 is 0 Å². The molecule has 0 aliphatic carbocycles. The highest BCUT2D eigenvalue weighted by Gasteiger charge is 2.15. The van der Waals surface area contributed by atoms with E-state index >= 15 is 0 Å². The number of halogens is 1. The van der Waals surface area contributed by atoms with E-state index in [1.165, 1.54) is 18.2 Å². The topological polar surface area (TPSA) is 72.2 Å². The molecule has 0 spiro atoms. The van der Waals surface area contributed by atoms with Gasteiger partial charge in [0.25, 0.3) is 0 Å². The van der Waals surface area contributed by atoms with E-state index in [4.69, 9.17) is 20.1 Å². The number of fused-ring (bicyclic) bond motifs is 1. The molecular formula is C16H11FN2O2. The Bertz CT molecular complexity index is 849. The van der Waals surface area contributed by atoms with Crippen LogP contribution in [0.4, 0.5) is 10.1 Å². The Morgan fingerprint density at radius 1 is 1.24 bits per heavy atom. The van der Waals surface area contributed by atoms with E-state index in [-0.39, 0.29) is 18.2 Å². The molecule has 4 nitrogen and oxygen atoms in total. The lowest BCUT2D eigenvalue weighted by Gasteiger charge is -2.07. The van der Waals surface area contributed by atoms with Crippen molar-refractivity contribution in [3.63, 3.8) is 0 Å². The maximum absolute atomic E-state index is 13.2. The number of nitrogens with zero attached hydrogens (tertiary/aromatic N) is 1. The highest BCUT2D eigenvalue weighted by Crippen LogP contribution is 2.33. The van der Waals surface area contributed by atoms with E-state index in [2.05, 4.69) is 0 Å². The first-order valence-corrected chi connectivity index (χ1v) is 6.27. The lowest BCUT2D eigenvalue weighted by molar-refractivity contribution is 0.304. The zero-order valence-corrected chi connectivity index (χ0v) is 11.0. The summed E-state index contributed by atoms with van der Waals surface area (Å²) >= 11 is 0. The van der Waals surface area contributed by atoms with E-state index in [0.29, 0.717) is 28.0 Å². The van der Waals surface area contributed by atoms with Crippen LogP contribution < -0.4 is 10.5 Å². The summed E-state index contributed by atoms with van der Waals surface area (Å²) in [6.45, 7) is 0.0573. The van der Waals surface area contributed by atoms with Crippen LogP contribution in [0, 0.1) is 17.1 Å². The van der Waals surface area contributed by atoms with Crippen LogP contribution in [-0.2, 0) is 6.61 Å². The second-order valence-corrected chi connectivity index (χ2v) is 4.50. The molecule has 0 aliphatic rings. The van der Waals surface area contributed by atoms with Crippen molar-refractivity contribution in [3.8, 4) is 11.8 Å². The van der Waals surface area contributed by atoms with Crippen LogP contribution in [0.2, 0.25) is 0 Å². The predicted molar refractivity (Wildman–Crippen MR) is 76.1 cm³/mol. The van der Waals surface area contributed by atoms with Crippen molar-refractivity contribution >= 4 is 16.7 Å². The molecule has 104 valence electrons. The molecule has 0 saturated heterocycles. The number of nitrogen functional groups attached to an aromatic ring is 1. The Morgan fingerprint density at radius 2 is 2.05 bits per heavy atom. The van der Waals surface area contributed by atoms with Gasteiger partial charge >= 0.3 is 0 Å². The fourth-order valence-corrected chi connectivity index (χ4v) is 2.09. The molecule has 0 unspecified atom stereocenters. The van der Waals surface area contributed by atoms with Crippen LogP contribution in [0.1, 0.15) is 11.3 Å². The molecule has 1 heterocycles. The zero-order valence-electron chi connectivity index (χ0n) is 11.0. The van der Waals surface area contributed by atoms with Crippen LogP contribution in [0.3, 0.4) is 0 Å². The summed E-state index contributed by atoms with van der Waals surface area (Å²) in [5.41, 5.74) is 7.29. The molecule has 0 atom stereocenters. The SMILES string of the molecule is N#Cc1oc2ccccc2c1OCc1cc(F)ccc1N. The van der Waals surface area contributed by atoms with Gasteiger partial charge in [0.15, 0.2) is 5.75 Å². The molecule has 3 rings (SSSR count). The minimum absolute atomic E-state index is 0.0573. The number of ether oxygens (including phenoxy) is 1. The number of para-hydroxylation sites is 1. The van der Waals surface area contributed by atoms with Gasteiger partial charge in [-0.05, 0) is 30.3 Å². The molecule has 0 fully saturated rings. The lowest BCUT2D eigenvalue weighted by atomic mass is 10.2. The van der Waals surface area contributed by atoms with Crippen LogP contribution in [0.15, 0.2) is 46.9 Å². The lowest BCUT2D eigenvalue weighted by Crippen LogP contribution is -2.01. The molecule has 0 saturated carbocycles. The van der Waals surface area contributed by atoms with Gasteiger partial charge in [-0.25, -0.2) is 4.39 Å². The highest BCUT2D eigenvalue weighted by molar-refractivity contribution is 5.86.